The molecule has 0 bridgehead atoms. The third-order valence-corrected chi connectivity index (χ3v) is 6.87. The molecular formula is C22H30O7. The molecule has 1 saturated heterocycles. The van der Waals surface area contributed by atoms with Gasteiger partial charge >= 0.3 is 17.9 Å². The molecule has 7 nitrogen and oxygen atoms in total. The van der Waals surface area contributed by atoms with E-state index >= 15 is 0 Å². The lowest BCUT2D eigenvalue weighted by atomic mass is 9.81. The van der Waals surface area contributed by atoms with Crippen LogP contribution in [0.15, 0.2) is 22.8 Å². The van der Waals surface area contributed by atoms with Crippen LogP contribution in [-0.4, -0.2) is 46.4 Å². The Labute approximate surface area is 171 Å². The quantitative estimate of drug-likeness (QED) is 0.333. The largest absolute Gasteiger partial charge is 0.459 e. The molecule has 0 aromatic heterocycles. The lowest BCUT2D eigenvalue weighted by Gasteiger charge is -2.35. The number of carbonyl (C=O) groups is 3. The Morgan fingerprint density at radius 3 is 2.52 bits per heavy atom. The molecule has 1 heterocycles. The van der Waals surface area contributed by atoms with Crippen LogP contribution in [0.25, 0.3) is 0 Å². The molecule has 0 amide bonds. The normalized spacial score (nSPS) is 39.4. The van der Waals surface area contributed by atoms with Crippen molar-refractivity contribution in [1.82, 2.24) is 0 Å². The molecule has 2 aliphatic carbocycles. The van der Waals surface area contributed by atoms with E-state index in [9.17, 15) is 19.5 Å². The van der Waals surface area contributed by atoms with Crippen molar-refractivity contribution in [1.29, 1.82) is 0 Å². The molecule has 160 valence electrons. The maximum Gasteiger partial charge on any atom is 0.338 e. The Bertz CT molecular complexity index is 806. The number of aliphatic hydroxyl groups is 1. The molecule has 7 heteroatoms. The Morgan fingerprint density at radius 2 is 1.93 bits per heavy atom. The van der Waals surface area contributed by atoms with E-state index in [1.807, 2.05) is 13.8 Å². The van der Waals surface area contributed by atoms with Gasteiger partial charge in [-0.1, -0.05) is 6.08 Å². The molecule has 0 spiro atoms. The first-order valence-electron chi connectivity index (χ1n) is 10.1. The van der Waals surface area contributed by atoms with Crippen LogP contribution in [0.2, 0.25) is 0 Å². The third-order valence-electron chi connectivity index (χ3n) is 6.87. The minimum Gasteiger partial charge on any atom is -0.459 e. The summed E-state index contributed by atoms with van der Waals surface area (Å²) in [5.74, 6) is -2.17. The zero-order valence-corrected chi connectivity index (χ0v) is 17.9. The third kappa shape index (κ3) is 3.50. The summed E-state index contributed by atoms with van der Waals surface area (Å²) < 4.78 is 17.1. The van der Waals surface area contributed by atoms with Crippen molar-refractivity contribution < 1.29 is 33.7 Å². The van der Waals surface area contributed by atoms with E-state index in [-0.39, 0.29) is 5.92 Å². The Hall–Kier alpha value is -2.15. The number of carbonyl (C=O) groups excluding carboxylic acids is 3. The molecule has 3 aliphatic rings. The average molecular weight is 406 g/mol. The van der Waals surface area contributed by atoms with Gasteiger partial charge in [-0.25, -0.2) is 9.59 Å². The van der Waals surface area contributed by atoms with E-state index in [2.05, 4.69) is 0 Å². The molecule has 0 radical (unpaired) electrons. The van der Waals surface area contributed by atoms with Crippen molar-refractivity contribution in [3.63, 3.8) is 0 Å². The van der Waals surface area contributed by atoms with Crippen LogP contribution in [0.5, 0.6) is 0 Å². The van der Waals surface area contributed by atoms with Crippen molar-refractivity contribution in [2.24, 2.45) is 11.8 Å². The molecule has 0 aromatic rings. The SMILES string of the molecule is C/C=C(\C)C(=O)O[C@H]1C[C@@H]2C(=C1C)[C@H]1OC(=O)[C@](C)(O)[C@@H]1CC[C@@]2(C)OC(C)=O. The number of allylic oxidation sites excluding steroid dienone is 1. The molecule has 3 rings (SSSR count). The van der Waals surface area contributed by atoms with Crippen molar-refractivity contribution in [3.8, 4) is 0 Å². The fourth-order valence-electron chi connectivity index (χ4n) is 5.00. The first-order chi connectivity index (χ1) is 13.4. The second-order valence-electron chi connectivity index (χ2n) is 8.82. The maximum atomic E-state index is 12.3. The Kier molecular flexibility index (Phi) is 5.41. The molecule has 6 atom stereocenters. The molecule has 0 aromatic carbocycles. The van der Waals surface area contributed by atoms with Crippen LogP contribution in [0, 0.1) is 11.8 Å². The predicted molar refractivity (Wildman–Crippen MR) is 104 cm³/mol. The topological polar surface area (TPSA) is 99.1 Å². The zero-order chi connectivity index (χ0) is 21.7. The summed E-state index contributed by atoms with van der Waals surface area (Å²) >= 11 is 0. The highest BCUT2D eigenvalue weighted by molar-refractivity contribution is 5.88. The van der Waals surface area contributed by atoms with Crippen molar-refractivity contribution >= 4 is 17.9 Å². The second-order valence-corrected chi connectivity index (χ2v) is 8.82. The van der Waals surface area contributed by atoms with Gasteiger partial charge in [0.05, 0.1) is 0 Å². The van der Waals surface area contributed by atoms with Crippen LogP contribution < -0.4 is 0 Å². The van der Waals surface area contributed by atoms with Crippen LogP contribution in [-0.2, 0) is 28.6 Å². The fourth-order valence-corrected chi connectivity index (χ4v) is 5.00. The van der Waals surface area contributed by atoms with E-state index in [1.165, 1.54) is 13.8 Å². The van der Waals surface area contributed by atoms with Crippen LogP contribution in [0.4, 0.5) is 0 Å². The van der Waals surface area contributed by atoms with E-state index in [4.69, 9.17) is 14.2 Å². The van der Waals surface area contributed by atoms with Gasteiger partial charge in [-0.15, -0.1) is 0 Å². The van der Waals surface area contributed by atoms with Crippen LogP contribution >= 0.6 is 0 Å². The van der Waals surface area contributed by atoms with E-state index in [0.29, 0.717) is 24.8 Å². The molecule has 2 fully saturated rings. The smallest absolute Gasteiger partial charge is 0.338 e. The molecule has 29 heavy (non-hydrogen) atoms. The van der Waals surface area contributed by atoms with Gasteiger partial charge in [-0.05, 0) is 65.0 Å². The lowest BCUT2D eigenvalue weighted by molar-refractivity contribution is -0.164. The number of rotatable bonds is 3. The summed E-state index contributed by atoms with van der Waals surface area (Å²) in [5.41, 5.74) is -0.344. The van der Waals surface area contributed by atoms with Gasteiger partial charge in [-0.2, -0.15) is 0 Å². The Morgan fingerprint density at radius 1 is 1.28 bits per heavy atom. The maximum absolute atomic E-state index is 12.3. The van der Waals surface area contributed by atoms with Gasteiger partial charge in [0.25, 0.3) is 0 Å². The van der Waals surface area contributed by atoms with Crippen molar-refractivity contribution in [2.45, 2.75) is 84.2 Å². The number of ether oxygens (including phenoxy) is 3. The summed E-state index contributed by atoms with van der Waals surface area (Å²) in [5, 5.41) is 10.8. The Balaban J connectivity index is 2.04. The number of fused-ring (bicyclic) bond motifs is 3. The van der Waals surface area contributed by atoms with Gasteiger partial charge in [0.15, 0.2) is 5.60 Å². The van der Waals surface area contributed by atoms with E-state index < -0.39 is 47.2 Å². The summed E-state index contributed by atoms with van der Waals surface area (Å²) in [4.78, 5) is 36.5. The van der Waals surface area contributed by atoms with Crippen molar-refractivity contribution in [2.75, 3.05) is 0 Å². The summed E-state index contributed by atoms with van der Waals surface area (Å²) in [7, 11) is 0. The van der Waals surface area contributed by atoms with E-state index in [0.717, 1.165) is 11.1 Å². The summed E-state index contributed by atoms with van der Waals surface area (Å²) in [6, 6.07) is 0. The van der Waals surface area contributed by atoms with Gasteiger partial charge < -0.3 is 19.3 Å². The highest BCUT2D eigenvalue weighted by atomic mass is 16.6. The minimum atomic E-state index is -1.61. The molecule has 0 unspecified atom stereocenters. The molecule has 1 N–H and O–H groups in total. The molecule has 1 saturated carbocycles. The highest BCUT2D eigenvalue weighted by Crippen LogP contribution is 2.54. The number of esters is 3. The second kappa shape index (κ2) is 7.27. The van der Waals surface area contributed by atoms with E-state index in [1.54, 1.807) is 19.9 Å². The van der Waals surface area contributed by atoms with Crippen molar-refractivity contribution in [3.05, 3.63) is 22.8 Å². The van der Waals surface area contributed by atoms with Crippen LogP contribution in [0.3, 0.4) is 0 Å². The van der Waals surface area contributed by atoms with Gasteiger partial charge in [-0.3, -0.25) is 4.79 Å². The lowest BCUT2D eigenvalue weighted by Crippen LogP contribution is -2.40. The zero-order valence-electron chi connectivity index (χ0n) is 17.9. The standard InChI is InChI=1S/C22H30O7/c1-7-11(2)19(24)27-16-10-15-17(12(16)3)18-14(22(6,26)20(25)28-18)8-9-21(15,5)29-13(4)23/h7,14-16,18,26H,8-10H2,1-6H3/b11-7+/t14-,15-,16+,18+,21-,22-/m1/s1. The van der Waals surface area contributed by atoms with Gasteiger partial charge in [0.2, 0.25) is 0 Å². The van der Waals surface area contributed by atoms with Gasteiger partial charge in [0, 0.05) is 24.3 Å². The fraction of sp³-hybridized carbons (Fsp3) is 0.682. The minimum absolute atomic E-state index is 0.271. The number of hydrogen-bond acceptors (Lipinski definition) is 7. The number of hydrogen-bond donors (Lipinski definition) is 1. The monoisotopic (exact) mass is 406 g/mol. The summed E-state index contributed by atoms with van der Waals surface area (Å²) in [6.45, 7) is 10.0. The summed E-state index contributed by atoms with van der Waals surface area (Å²) in [6.07, 6.45) is 1.95. The highest BCUT2D eigenvalue weighted by Gasteiger charge is 2.61. The predicted octanol–water partition coefficient (Wildman–Crippen LogP) is 2.61. The first-order valence-corrected chi connectivity index (χ1v) is 10.1. The van der Waals surface area contributed by atoms with Crippen LogP contribution in [0.1, 0.15) is 60.8 Å². The van der Waals surface area contributed by atoms with Gasteiger partial charge in [0.1, 0.15) is 17.8 Å². The molecular weight excluding hydrogens is 376 g/mol. The molecule has 1 aliphatic heterocycles. The first kappa shape index (κ1) is 21.6. The average Bonchev–Trinajstić information content (AvgIpc) is 3.01.